The first kappa shape index (κ1) is 19.4. The first-order chi connectivity index (χ1) is 12.9. The van der Waals surface area contributed by atoms with Gasteiger partial charge in [-0.05, 0) is 42.0 Å². The number of anilines is 1. The number of nitrogens with one attached hydrogen (secondary N) is 1. The standard InChI is InChI=1S/C19H14Cl2N2O3S/c20-15-7-6-14(10-16(15)21)27-19-4-2-1-3-12(19)11-22-13-5-8-18(24)17(9-13)23(25)26/h1-10,22,24H,11H2. The molecule has 27 heavy (non-hydrogen) atoms. The molecule has 0 saturated carbocycles. The van der Waals surface area contributed by atoms with Crippen LogP contribution in [0.1, 0.15) is 5.56 Å². The van der Waals surface area contributed by atoms with Crippen molar-refractivity contribution >= 4 is 46.3 Å². The van der Waals surface area contributed by atoms with E-state index in [-0.39, 0.29) is 11.4 Å². The molecule has 0 radical (unpaired) electrons. The van der Waals surface area contributed by atoms with E-state index in [2.05, 4.69) is 5.32 Å². The number of benzene rings is 3. The van der Waals surface area contributed by atoms with Crippen LogP contribution in [0.2, 0.25) is 10.0 Å². The molecule has 0 fully saturated rings. The molecular weight excluding hydrogens is 407 g/mol. The summed E-state index contributed by atoms with van der Waals surface area (Å²) in [7, 11) is 0. The Morgan fingerprint density at radius 3 is 2.56 bits per heavy atom. The molecule has 3 aromatic carbocycles. The fourth-order valence-corrected chi connectivity index (χ4v) is 3.74. The second-order valence-electron chi connectivity index (χ2n) is 5.60. The zero-order valence-electron chi connectivity index (χ0n) is 13.9. The van der Waals surface area contributed by atoms with Crippen LogP contribution in [0.5, 0.6) is 5.75 Å². The van der Waals surface area contributed by atoms with E-state index in [0.29, 0.717) is 22.3 Å². The number of phenolic OH excluding ortho intramolecular Hbond substituents is 1. The Kier molecular flexibility index (Phi) is 6.11. The molecule has 2 N–H and O–H groups in total. The van der Waals surface area contributed by atoms with Crippen LogP contribution in [0.4, 0.5) is 11.4 Å². The molecule has 8 heteroatoms. The summed E-state index contributed by atoms with van der Waals surface area (Å²) in [6.07, 6.45) is 0. The molecule has 3 aromatic rings. The minimum Gasteiger partial charge on any atom is -0.502 e. The molecule has 0 aliphatic heterocycles. The fraction of sp³-hybridized carbons (Fsp3) is 0.0526. The van der Waals surface area contributed by atoms with Gasteiger partial charge in [-0.3, -0.25) is 10.1 Å². The Morgan fingerprint density at radius 2 is 1.81 bits per heavy atom. The van der Waals surface area contributed by atoms with Gasteiger partial charge in [-0.2, -0.15) is 0 Å². The first-order valence-corrected chi connectivity index (χ1v) is 9.43. The summed E-state index contributed by atoms with van der Waals surface area (Å²) in [6, 6.07) is 17.5. The molecule has 3 rings (SSSR count). The van der Waals surface area contributed by atoms with Gasteiger partial charge in [0.05, 0.1) is 15.0 Å². The normalized spacial score (nSPS) is 10.6. The van der Waals surface area contributed by atoms with E-state index >= 15 is 0 Å². The molecule has 0 aliphatic carbocycles. The van der Waals surface area contributed by atoms with Gasteiger partial charge in [0.15, 0.2) is 5.75 Å². The molecule has 0 heterocycles. The Hall–Kier alpha value is -2.41. The van der Waals surface area contributed by atoms with Crippen molar-refractivity contribution in [3.63, 3.8) is 0 Å². The predicted molar refractivity (Wildman–Crippen MR) is 109 cm³/mol. The molecule has 0 aliphatic rings. The lowest BCUT2D eigenvalue weighted by Gasteiger charge is -2.12. The molecule has 0 bridgehead atoms. The number of nitro groups is 1. The maximum Gasteiger partial charge on any atom is 0.312 e. The predicted octanol–water partition coefficient (Wildman–Crippen LogP) is 6.37. The van der Waals surface area contributed by atoms with Gasteiger partial charge in [-0.15, -0.1) is 0 Å². The second-order valence-corrected chi connectivity index (χ2v) is 7.53. The SMILES string of the molecule is O=[N+]([O-])c1cc(NCc2ccccc2Sc2ccc(Cl)c(Cl)c2)ccc1O. The second kappa shape index (κ2) is 8.52. The molecule has 0 aromatic heterocycles. The van der Waals surface area contributed by atoms with Crippen molar-refractivity contribution < 1.29 is 10.0 Å². The zero-order chi connectivity index (χ0) is 19.4. The smallest absolute Gasteiger partial charge is 0.312 e. The maximum atomic E-state index is 11.0. The lowest BCUT2D eigenvalue weighted by molar-refractivity contribution is -0.385. The minimum absolute atomic E-state index is 0.335. The van der Waals surface area contributed by atoms with Crippen LogP contribution in [-0.2, 0) is 6.54 Å². The summed E-state index contributed by atoms with van der Waals surface area (Å²) in [5, 5.41) is 24.7. The highest BCUT2D eigenvalue weighted by Gasteiger charge is 2.14. The highest BCUT2D eigenvalue weighted by atomic mass is 35.5. The van der Waals surface area contributed by atoms with Gasteiger partial charge in [0.25, 0.3) is 0 Å². The largest absolute Gasteiger partial charge is 0.502 e. The van der Waals surface area contributed by atoms with Gasteiger partial charge in [-0.1, -0.05) is 53.2 Å². The summed E-state index contributed by atoms with van der Waals surface area (Å²) >= 11 is 13.6. The van der Waals surface area contributed by atoms with E-state index in [1.54, 1.807) is 23.9 Å². The highest BCUT2D eigenvalue weighted by Crippen LogP contribution is 2.35. The minimum atomic E-state index is -0.616. The highest BCUT2D eigenvalue weighted by molar-refractivity contribution is 7.99. The molecular formula is C19H14Cl2N2O3S. The van der Waals surface area contributed by atoms with E-state index < -0.39 is 4.92 Å². The van der Waals surface area contributed by atoms with Crippen molar-refractivity contribution in [1.29, 1.82) is 0 Å². The number of nitrogens with zero attached hydrogens (tertiary/aromatic N) is 1. The summed E-state index contributed by atoms with van der Waals surface area (Å²) in [5.74, 6) is -0.360. The topological polar surface area (TPSA) is 75.4 Å². The lowest BCUT2D eigenvalue weighted by Crippen LogP contribution is -2.01. The Labute approximate surface area is 170 Å². The number of phenols is 1. The summed E-state index contributed by atoms with van der Waals surface area (Å²) in [5.41, 5.74) is 1.23. The third-order valence-electron chi connectivity index (χ3n) is 3.75. The van der Waals surface area contributed by atoms with E-state index in [1.807, 2.05) is 36.4 Å². The van der Waals surface area contributed by atoms with E-state index in [4.69, 9.17) is 23.2 Å². The zero-order valence-corrected chi connectivity index (χ0v) is 16.2. The van der Waals surface area contributed by atoms with Crippen LogP contribution in [0, 0.1) is 10.1 Å². The molecule has 0 unspecified atom stereocenters. The Bertz CT molecular complexity index is 998. The van der Waals surface area contributed by atoms with Crippen molar-refractivity contribution in [2.45, 2.75) is 16.3 Å². The van der Waals surface area contributed by atoms with E-state index in [9.17, 15) is 15.2 Å². The first-order valence-electron chi connectivity index (χ1n) is 7.86. The molecule has 0 atom stereocenters. The third-order valence-corrected chi connectivity index (χ3v) is 5.59. The van der Waals surface area contributed by atoms with Crippen molar-refractivity contribution in [3.05, 3.63) is 86.4 Å². The number of hydrogen-bond donors (Lipinski definition) is 2. The van der Waals surface area contributed by atoms with Crippen LogP contribution in [-0.4, -0.2) is 10.0 Å². The van der Waals surface area contributed by atoms with Crippen molar-refractivity contribution in [2.24, 2.45) is 0 Å². The van der Waals surface area contributed by atoms with E-state index in [1.165, 1.54) is 12.1 Å². The Morgan fingerprint density at radius 1 is 1.04 bits per heavy atom. The summed E-state index contributed by atoms with van der Waals surface area (Å²) < 4.78 is 0. The number of halogens is 2. The van der Waals surface area contributed by atoms with Gasteiger partial charge in [0.2, 0.25) is 0 Å². The quantitative estimate of drug-likeness (QED) is 0.275. The van der Waals surface area contributed by atoms with Gasteiger partial charge >= 0.3 is 5.69 Å². The van der Waals surface area contributed by atoms with Crippen LogP contribution in [0.3, 0.4) is 0 Å². The lowest BCUT2D eigenvalue weighted by atomic mass is 10.2. The number of nitro benzene ring substituents is 1. The third kappa shape index (κ3) is 4.86. The molecule has 138 valence electrons. The van der Waals surface area contributed by atoms with Gasteiger partial charge in [0.1, 0.15) is 0 Å². The maximum absolute atomic E-state index is 11.0. The molecule has 0 saturated heterocycles. The van der Waals surface area contributed by atoms with Gasteiger partial charge in [0, 0.05) is 28.1 Å². The monoisotopic (exact) mass is 420 g/mol. The average Bonchev–Trinajstić information content (AvgIpc) is 2.65. The molecule has 0 spiro atoms. The van der Waals surface area contributed by atoms with Crippen LogP contribution in [0.15, 0.2) is 70.5 Å². The van der Waals surface area contributed by atoms with Crippen molar-refractivity contribution in [3.8, 4) is 5.75 Å². The Balaban J connectivity index is 1.77. The van der Waals surface area contributed by atoms with Crippen LogP contribution >= 0.6 is 35.0 Å². The average molecular weight is 421 g/mol. The number of rotatable bonds is 6. The van der Waals surface area contributed by atoms with Gasteiger partial charge < -0.3 is 10.4 Å². The van der Waals surface area contributed by atoms with Crippen molar-refractivity contribution in [1.82, 2.24) is 0 Å². The summed E-state index contributed by atoms with van der Waals surface area (Å²) in [6.45, 7) is 0.465. The molecule has 5 nitrogen and oxygen atoms in total. The van der Waals surface area contributed by atoms with Gasteiger partial charge in [-0.25, -0.2) is 0 Å². The molecule has 0 amide bonds. The summed E-state index contributed by atoms with van der Waals surface area (Å²) in [4.78, 5) is 12.3. The van der Waals surface area contributed by atoms with E-state index in [0.717, 1.165) is 15.4 Å². The number of hydrogen-bond acceptors (Lipinski definition) is 5. The van der Waals surface area contributed by atoms with Crippen LogP contribution in [0.25, 0.3) is 0 Å². The number of aromatic hydroxyl groups is 1. The van der Waals surface area contributed by atoms with Crippen LogP contribution < -0.4 is 5.32 Å². The fourth-order valence-electron chi connectivity index (χ4n) is 2.39. The van der Waals surface area contributed by atoms with Crippen molar-refractivity contribution in [2.75, 3.05) is 5.32 Å².